The first-order valence-electron chi connectivity index (χ1n) is 10.7. The van der Waals surface area contributed by atoms with Crippen LogP contribution >= 0.6 is 0 Å². The fraction of sp³-hybridized carbons (Fsp3) is 0.333. The van der Waals surface area contributed by atoms with Gasteiger partial charge < -0.3 is 25.0 Å². The highest BCUT2D eigenvalue weighted by molar-refractivity contribution is 5.66. The summed E-state index contributed by atoms with van der Waals surface area (Å²) in [6.07, 6.45) is -3.90. The van der Waals surface area contributed by atoms with Crippen LogP contribution in [0.4, 0.5) is 24.9 Å². The Balaban J connectivity index is 1.86. The molecule has 0 amide bonds. The molecule has 7 nitrogen and oxygen atoms in total. The van der Waals surface area contributed by atoms with Crippen LogP contribution in [0.3, 0.4) is 0 Å². The molecule has 2 aromatic carbocycles. The minimum absolute atomic E-state index is 0.312. The first-order valence-corrected chi connectivity index (χ1v) is 10.7. The van der Waals surface area contributed by atoms with E-state index in [9.17, 15) is 13.2 Å². The summed E-state index contributed by atoms with van der Waals surface area (Å²) in [6, 6.07) is 15.0. The van der Waals surface area contributed by atoms with E-state index in [1.54, 1.807) is 19.2 Å². The smallest absolute Gasteiger partial charge is 0.496 e. The Bertz CT molecular complexity index is 1080. The second kappa shape index (κ2) is 11.6. The molecule has 0 saturated heterocycles. The molecule has 0 aliphatic carbocycles. The van der Waals surface area contributed by atoms with Crippen molar-refractivity contribution < 1.29 is 22.6 Å². The maximum Gasteiger partial charge on any atom is 0.573 e. The normalized spacial score (nSPS) is 11.4. The second-order valence-corrected chi connectivity index (χ2v) is 7.79. The molecule has 2 N–H and O–H groups in total. The predicted molar refractivity (Wildman–Crippen MR) is 126 cm³/mol. The van der Waals surface area contributed by atoms with Crippen LogP contribution in [0.25, 0.3) is 11.3 Å². The zero-order valence-corrected chi connectivity index (χ0v) is 19.3. The number of anilines is 2. The third kappa shape index (κ3) is 7.80. The maximum atomic E-state index is 12.7. The van der Waals surface area contributed by atoms with Gasteiger partial charge in [-0.25, -0.2) is 4.98 Å². The average Bonchev–Trinajstić information content (AvgIpc) is 2.79. The van der Waals surface area contributed by atoms with Crippen LogP contribution in [0.2, 0.25) is 0 Å². The molecule has 1 aromatic heterocycles. The molecule has 0 saturated carbocycles. The Hall–Kier alpha value is -3.53. The molecule has 182 valence electrons. The zero-order valence-electron chi connectivity index (χ0n) is 19.3. The van der Waals surface area contributed by atoms with Crippen LogP contribution in [0.1, 0.15) is 12.0 Å². The van der Waals surface area contributed by atoms with Crippen molar-refractivity contribution in [3.63, 3.8) is 0 Å². The summed E-state index contributed by atoms with van der Waals surface area (Å²) >= 11 is 0. The summed E-state index contributed by atoms with van der Waals surface area (Å²) in [5, 5.41) is 6.46. The quantitative estimate of drug-likeness (QED) is 0.377. The van der Waals surface area contributed by atoms with Gasteiger partial charge in [0.15, 0.2) is 0 Å². The summed E-state index contributed by atoms with van der Waals surface area (Å²) < 4.78 is 47.5. The number of hydrogen-bond donors (Lipinski definition) is 2. The van der Waals surface area contributed by atoms with E-state index in [4.69, 9.17) is 4.74 Å². The standard InChI is InChI=1S/C24H28F3N5O2/c1-32(2)13-7-12-28-23-30-20(17-9-6-10-19(14-17)34-24(25,26)27)15-22(31-23)29-16-18-8-4-5-11-21(18)33-3/h4-6,8-11,14-15H,7,12-13,16H2,1-3H3,(H2,28,29,30,31). The molecule has 0 fully saturated rings. The van der Waals surface area contributed by atoms with E-state index in [0.29, 0.717) is 36.1 Å². The van der Waals surface area contributed by atoms with Gasteiger partial charge in [0.1, 0.15) is 17.3 Å². The lowest BCUT2D eigenvalue weighted by atomic mass is 10.1. The van der Waals surface area contributed by atoms with Gasteiger partial charge in [0, 0.05) is 30.3 Å². The molecule has 0 radical (unpaired) electrons. The second-order valence-electron chi connectivity index (χ2n) is 7.79. The van der Waals surface area contributed by atoms with Crippen molar-refractivity contribution >= 4 is 11.8 Å². The van der Waals surface area contributed by atoms with Crippen molar-refractivity contribution in [2.75, 3.05) is 44.9 Å². The third-order valence-electron chi connectivity index (χ3n) is 4.81. The lowest BCUT2D eigenvalue weighted by Crippen LogP contribution is -2.17. The monoisotopic (exact) mass is 475 g/mol. The van der Waals surface area contributed by atoms with E-state index in [1.807, 2.05) is 38.4 Å². The van der Waals surface area contributed by atoms with E-state index in [2.05, 4.69) is 30.2 Å². The first-order chi connectivity index (χ1) is 16.2. The number of methoxy groups -OCH3 is 1. The Morgan fingerprint density at radius 3 is 2.50 bits per heavy atom. The Kier molecular flexibility index (Phi) is 8.53. The largest absolute Gasteiger partial charge is 0.573 e. The van der Waals surface area contributed by atoms with Gasteiger partial charge in [0.25, 0.3) is 0 Å². The third-order valence-corrected chi connectivity index (χ3v) is 4.81. The van der Waals surface area contributed by atoms with Crippen LogP contribution in [0.5, 0.6) is 11.5 Å². The van der Waals surface area contributed by atoms with Gasteiger partial charge in [-0.3, -0.25) is 0 Å². The number of nitrogens with zero attached hydrogens (tertiary/aromatic N) is 3. The van der Waals surface area contributed by atoms with Crippen LogP contribution in [0.15, 0.2) is 54.6 Å². The number of hydrogen-bond acceptors (Lipinski definition) is 7. The number of nitrogens with one attached hydrogen (secondary N) is 2. The van der Waals surface area contributed by atoms with E-state index in [-0.39, 0.29) is 5.75 Å². The molecule has 34 heavy (non-hydrogen) atoms. The summed E-state index contributed by atoms with van der Waals surface area (Å²) in [5.41, 5.74) is 1.87. The van der Waals surface area contributed by atoms with Gasteiger partial charge in [0.05, 0.1) is 12.8 Å². The molecule has 0 unspecified atom stereocenters. The number of para-hydroxylation sites is 1. The lowest BCUT2D eigenvalue weighted by molar-refractivity contribution is -0.274. The van der Waals surface area contributed by atoms with Crippen molar-refractivity contribution in [1.82, 2.24) is 14.9 Å². The fourth-order valence-corrected chi connectivity index (χ4v) is 3.25. The number of ether oxygens (including phenoxy) is 2. The zero-order chi connectivity index (χ0) is 24.6. The summed E-state index contributed by atoms with van der Waals surface area (Å²) in [7, 11) is 5.59. The molecule has 10 heteroatoms. The Morgan fingerprint density at radius 1 is 0.971 bits per heavy atom. The molecule has 0 aliphatic rings. The SMILES string of the molecule is COc1ccccc1CNc1cc(-c2cccc(OC(F)(F)F)c2)nc(NCCCN(C)C)n1. The number of halogens is 3. The molecule has 1 heterocycles. The number of alkyl halides is 3. The van der Waals surface area contributed by atoms with Crippen molar-refractivity contribution in [1.29, 1.82) is 0 Å². The Morgan fingerprint density at radius 2 is 1.76 bits per heavy atom. The van der Waals surface area contributed by atoms with Crippen LogP contribution in [-0.2, 0) is 6.54 Å². The van der Waals surface area contributed by atoms with Gasteiger partial charge in [-0.05, 0) is 45.3 Å². The molecular weight excluding hydrogens is 447 g/mol. The summed E-state index contributed by atoms with van der Waals surface area (Å²) in [4.78, 5) is 11.1. The van der Waals surface area contributed by atoms with Crippen molar-refractivity contribution in [3.05, 3.63) is 60.2 Å². The number of aromatic nitrogens is 2. The van der Waals surface area contributed by atoms with Gasteiger partial charge in [-0.2, -0.15) is 4.98 Å². The first kappa shape index (κ1) is 25.1. The highest BCUT2D eigenvalue weighted by Gasteiger charge is 2.31. The number of rotatable bonds is 11. The van der Waals surface area contributed by atoms with Crippen LogP contribution in [0, 0.1) is 0 Å². The maximum absolute atomic E-state index is 12.7. The Labute approximate surface area is 196 Å². The molecule has 0 atom stereocenters. The average molecular weight is 476 g/mol. The van der Waals surface area contributed by atoms with Gasteiger partial charge in [0.2, 0.25) is 5.95 Å². The lowest BCUT2D eigenvalue weighted by Gasteiger charge is -2.14. The highest BCUT2D eigenvalue weighted by atomic mass is 19.4. The molecule has 0 bridgehead atoms. The van der Waals surface area contributed by atoms with Crippen molar-refractivity contribution in [2.24, 2.45) is 0 Å². The van der Waals surface area contributed by atoms with E-state index in [0.717, 1.165) is 24.3 Å². The summed E-state index contributed by atoms with van der Waals surface area (Å²) in [5.74, 6) is 1.32. The topological polar surface area (TPSA) is 71.5 Å². The van der Waals surface area contributed by atoms with Crippen LogP contribution < -0.4 is 20.1 Å². The van der Waals surface area contributed by atoms with Crippen molar-refractivity contribution in [3.8, 4) is 22.8 Å². The summed E-state index contributed by atoms with van der Waals surface area (Å²) in [6.45, 7) is 1.98. The fourth-order valence-electron chi connectivity index (χ4n) is 3.25. The molecule has 0 spiro atoms. The highest BCUT2D eigenvalue weighted by Crippen LogP contribution is 2.29. The minimum Gasteiger partial charge on any atom is -0.496 e. The predicted octanol–water partition coefficient (Wildman–Crippen LogP) is 5.03. The van der Waals surface area contributed by atoms with E-state index in [1.165, 1.54) is 18.2 Å². The van der Waals surface area contributed by atoms with Gasteiger partial charge in [-0.15, -0.1) is 13.2 Å². The van der Waals surface area contributed by atoms with E-state index < -0.39 is 6.36 Å². The van der Waals surface area contributed by atoms with Crippen LogP contribution in [-0.4, -0.2) is 55.5 Å². The van der Waals surface area contributed by atoms with E-state index >= 15 is 0 Å². The molecular formula is C24H28F3N5O2. The number of benzene rings is 2. The van der Waals surface area contributed by atoms with Gasteiger partial charge in [-0.1, -0.05) is 30.3 Å². The molecule has 3 aromatic rings. The van der Waals surface area contributed by atoms with Crippen molar-refractivity contribution in [2.45, 2.75) is 19.3 Å². The molecule has 0 aliphatic heterocycles. The molecule has 3 rings (SSSR count). The van der Waals surface area contributed by atoms with Gasteiger partial charge >= 0.3 is 6.36 Å². The minimum atomic E-state index is -4.77.